The van der Waals surface area contributed by atoms with E-state index in [1.54, 1.807) is 6.07 Å². The number of piperidine rings is 1. The van der Waals surface area contributed by atoms with Crippen LogP contribution in [0.25, 0.3) is 11.0 Å². The third kappa shape index (κ3) is 10.2. The van der Waals surface area contributed by atoms with Gasteiger partial charge in [-0.1, -0.05) is 18.2 Å². The molecule has 0 unspecified atom stereocenters. The molecular weight excluding hydrogens is 1080 g/mol. The maximum Gasteiger partial charge on any atom is 0.297 e. The Labute approximate surface area is 482 Å². The lowest BCUT2D eigenvalue weighted by atomic mass is 9.59. The fourth-order valence-electron chi connectivity index (χ4n) is 14.4. The largest absolute Gasteiger partial charge is 0.491 e. The highest BCUT2D eigenvalue weighted by atomic mass is 32.2. The van der Waals surface area contributed by atoms with Gasteiger partial charge in [0.2, 0.25) is 5.88 Å². The van der Waals surface area contributed by atoms with Gasteiger partial charge in [-0.25, -0.2) is 13.1 Å². The van der Waals surface area contributed by atoms with Crippen molar-refractivity contribution in [2.75, 3.05) is 87.5 Å². The molecule has 6 aromatic rings. The molecule has 10 heterocycles. The summed E-state index contributed by atoms with van der Waals surface area (Å²) in [5.74, 6) is 1.46. The molecule has 1 saturated carbocycles. The van der Waals surface area contributed by atoms with E-state index in [1.807, 2.05) is 48.8 Å². The Hall–Kier alpha value is -7.24. The number of hydrogen-bond donors (Lipinski definition) is 3. The number of ether oxygens (including phenoxy) is 6. The summed E-state index contributed by atoms with van der Waals surface area (Å²) in [6.07, 6.45) is 10.4. The number of benzene rings is 3. The van der Waals surface area contributed by atoms with Crippen LogP contribution in [0.5, 0.6) is 23.1 Å². The maximum absolute atomic E-state index is 15.0. The minimum atomic E-state index is -4.72. The quantitative estimate of drug-likeness (QED) is 0.0775. The number of sulfonamides is 1. The number of nitrogens with zero attached hydrogens (tertiary/aromatic N) is 7. The molecule has 7 aliphatic heterocycles. The number of piperazine rings is 1. The summed E-state index contributed by atoms with van der Waals surface area (Å²) in [6, 6.07) is 24.5. The smallest absolute Gasteiger partial charge is 0.297 e. The van der Waals surface area contributed by atoms with Crippen LogP contribution in [0, 0.1) is 21.4 Å². The molecule has 1 aliphatic carbocycles. The standard InChI is InChI=1S/C61H70N10O11S/c1-37(2)81-53-7-4-3-6-44(53)52-33-68(41-27-46-54(79-34-41)8-5-17-62-46)21-22-69(52)42-31-61(32-42)15-19-67(20-16-61)40-9-10-45(49(28-40)70-48-14-25-78-36-56(48)82-60-51(70)26-39-11-18-63-58(39)65-60)59(72)66-83(75,76)43-29-50(71(73)74)57-55(30-43)80-35-47(64-57)38-12-23-77-24-13-38/h3-11,17-18,26,28-30,37-38,41-42,47-48,52,56,64H,12-16,19-25,27,31-36H2,1-2H3,(H,63,65)(H,66,72)/t41-,47-,48-,52-,56-/m0/s1. The number of nitro groups is 1. The number of nitro benzene ring substituents is 1. The maximum atomic E-state index is 15.0. The Morgan fingerprint density at radius 3 is 2.53 bits per heavy atom. The molecule has 8 aliphatic rings. The molecule has 1 amide bonds. The molecule has 5 atom stereocenters. The van der Waals surface area contributed by atoms with Gasteiger partial charge in [0.25, 0.3) is 21.6 Å². The second-order valence-corrected chi connectivity index (χ2v) is 25.7. The Balaban J connectivity index is 0.735. The third-order valence-electron chi connectivity index (χ3n) is 18.8. The van der Waals surface area contributed by atoms with Crippen molar-refractivity contribution in [3.63, 3.8) is 0 Å². The van der Waals surface area contributed by atoms with Gasteiger partial charge < -0.3 is 48.5 Å². The first-order valence-corrected chi connectivity index (χ1v) is 30.9. The Kier molecular flexibility index (Phi) is 14.1. The number of pyridine rings is 2. The van der Waals surface area contributed by atoms with Gasteiger partial charge >= 0.3 is 0 Å². The first kappa shape index (κ1) is 53.7. The molecule has 0 radical (unpaired) electrons. The summed E-state index contributed by atoms with van der Waals surface area (Å²) in [5, 5.41) is 16.7. The van der Waals surface area contributed by atoms with Crippen molar-refractivity contribution in [3.05, 3.63) is 118 Å². The average molecular weight is 1150 g/mol. The van der Waals surface area contributed by atoms with Crippen LogP contribution < -0.4 is 38.8 Å². The van der Waals surface area contributed by atoms with E-state index < -0.39 is 37.5 Å². The molecule has 3 N–H and O–H groups in total. The number of nitrogens with one attached hydrogen (secondary N) is 3. The molecule has 22 heteroatoms. The van der Waals surface area contributed by atoms with Gasteiger partial charge in [-0.3, -0.25) is 29.7 Å². The lowest BCUT2D eigenvalue weighted by molar-refractivity contribution is -0.384. The van der Waals surface area contributed by atoms with Crippen LogP contribution in [0.4, 0.5) is 28.4 Å². The van der Waals surface area contributed by atoms with E-state index in [0.29, 0.717) is 61.8 Å². The van der Waals surface area contributed by atoms with E-state index in [9.17, 15) is 23.3 Å². The molecule has 5 fully saturated rings. The van der Waals surface area contributed by atoms with Crippen molar-refractivity contribution >= 4 is 55.4 Å². The van der Waals surface area contributed by atoms with Crippen molar-refractivity contribution in [1.82, 2.24) is 29.5 Å². The molecule has 83 heavy (non-hydrogen) atoms. The predicted octanol–water partition coefficient (Wildman–Crippen LogP) is 8.17. The van der Waals surface area contributed by atoms with Crippen molar-refractivity contribution in [2.24, 2.45) is 11.3 Å². The van der Waals surface area contributed by atoms with E-state index in [4.69, 9.17) is 33.4 Å². The fourth-order valence-corrected chi connectivity index (χ4v) is 15.4. The number of hydrogen-bond acceptors (Lipinski definition) is 18. The zero-order valence-corrected chi connectivity index (χ0v) is 47.6. The van der Waals surface area contributed by atoms with E-state index in [1.165, 1.54) is 11.6 Å². The SMILES string of the molecule is CC(C)Oc1ccccc1[C@@H]1CN([C@@H]2COc3cccnc3C2)CCN1C1CC2(CCN(c3ccc(C(=O)NS(=O)(=O)c4cc5c(c([N+](=O)[O-])c4)N[C@H](C4CCOCC4)CO5)c(N4c5cc6cc[nH]c6nc5O[C@H]5COCC[C@@H]54)c3)CC2)C1. The number of amides is 1. The van der Waals surface area contributed by atoms with Crippen molar-refractivity contribution in [1.29, 1.82) is 0 Å². The summed E-state index contributed by atoms with van der Waals surface area (Å²) >= 11 is 0. The summed E-state index contributed by atoms with van der Waals surface area (Å²) < 4.78 is 68.1. The predicted molar refractivity (Wildman–Crippen MR) is 310 cm³/mol. The fraction of sp³-hybridized carbons (Fsp3) is 0.492. The van der Waals surface area contributed by atoms with E-state index in [0.717, 1.165) is 112 Å². The van der Waals surface area contributed by atoms with Crippen LogP contribution in [0.15, 0.2) is 96.2 Å². The summed E-state index contributed by atoms with van der Waals surface area (Å²) in [4.78, 5) is 49.0. The van der Waals surface area contributed by atoms with Crippen molar-refractivity contribution < 1.29 is 46.6 Å². The van der Waals surface area contributed by atoms with Crippen LogP contribution in [0.1, 0.15) is 86.5 Å². The number of aromatic amines is 1. The van der Waals surface area contributed by atoms with E-state index in [2.05, 4.69) is 77.7 Å². The first-order valence-electron chi connectivity index (χ1n) is 29.4. The van der Waals surface area contributed by atoms with Gasteiger partial charge in [-0.2, -0.15) is 4.98 Å². The minimum Gasteiger partial charge on any atom is -0.491 e. The Morgan fingerprint density at radius 2 is 1.70 bits per heavy atom. The summed E-state index contributed by atoms with van der Waals surface area (Å²) in [5.41, 5.74) is 4.79. The number of carbonyl (C=O) groups is 1. The monoisotopic (exact) mass is 1150 g/mol. The third-order valence-corrected chi connectivity index (χ3v) is 20.1. The zero-order chi connectivity index (χ0) is 56.6. The van der Waals surface area contributed by atoms with Crippen LogP contribution >= 0.6 is 0 Å². The number of H-pyrrole nitrogens is 1. The van der Waals surface area contributed by atoms with E-state index in [-0.39, 0.29) is 71.8 Å². The summed E-state index contributed by atoms with van der Waals surface area (Å²) in [6.45, 7) is 11.2. The average Bonchev–Trinajstić information content (AvgIpc) is 4.07. The van der Waals surface area contributed by atoms with Crippen LogP contribution in [-0.4, -0.2) is 153 Å². The van der Waals surface area contributed by atoms with Gasteiger partial charge in [-0.15, -0.1) is 0 Å². The first-order chi connectivity index (χ1) is 40.3. The molecule has 4 saturated heterocycles. The number of anilines is 4. The highest BCUT2D eigenvalue weighted by molar-refractivity contribution is 7.90. The van der Waals surface area contributed by atoms with Crippen LogP contribution in [0.2, 0.25) is 0 Å². The zero-order valence-electron chi connectivity index (χ0n) is 46.7. The molecule has 14 rings (SSSR count). The molecule has 1 spiro atoms. The molecule has 436 valence electrons. The highest BCUT2D eigenvalue weighted by Crippen LogP contribution is 2.54. The molecule has 21 nitrogen and oxygen atoms in total. The van der Waals surface area contributed by atoms with Gasteiger partial charge in [0, 0.05) is 112 Å². The van der Waals surface area contributed by atoms with Crippen molar-refractivity contribution in [3.8, 4) is 23.1 Å². The van der Waals surface area contributed by atoms with Crippen LogP contribution in [-0.2, 0) is 25.9 Å². The van der Waals surface area contributed by atoms with Gasteiger partial charge in [0.1, 0.15) is 42.2 Å². The second-order valence-electron chi connectivity index (χ2n) is 24.0. The Bertz CT molecular complexity index is 3560. The molecular formula is C61H70N10O11S. The number of aromatic nitrogens is 3. The highest BCUT2D eigenvalue weighted by Gasteiger charge is 2.51. The van der Waals surface area contributed by atoms with Gasteiger partial charge in [0.15, 0.2) is 11.4 Å². The van der Waals surface area contributed by atoms with E-state index >= 15 is 0 Å². The number of para-hydroxylation sites is 1. The molecule has 3 aromatic heterocycles. The lowest BCUT2D eigenvalue weighted by Gasteiger charge is -2.58. The number of carbonyl (C=O) groups excluding carboxylic acids is 1. The number of rotatable bonds is 12. The normalized spacial score (nSPS) is 24.7. The lowest BCUT2D eigenvalue weighted by Crippen LogP contribution is -2.61. The topological polar surface area (TPSA) is 228 Å². The van der Waals surface area contributed by atoms with Crippen LogP contribution in [0.3, 0.4) is 0 Å². The molecule has 3 aromatic carbocycles. The van der Waals surface area contributed by atoms with Crippen molar-refractivity contribution in [2.45, 2.75) is 113 Å². The summed E-state index contributed by atoms with van der Waals surface area (Å²) in [7, 11) is -4.72. The number of fused-ring (bicyclic) bond motifs is 5. The minimum absolute atomic E-state index is 0.0242. The van der Waals surface area contributed by atoms with Gasteiger partial charge in [-0.05, 0) is 119 Å². The van der Waals surface area contributed by atoms with Gasteiger partial charge in [0.05, 0.1) is 57.6 Å². The Morgan fingerprint density at radius 1 is 0.880 bits per heavy atom. The second kappa shape index (κ2) is 21.7. The molecule has 0 bridgehead atoms.